The van der Waals surface area contributed by atoms with Gasteiger partial charge in [0, 0.05) is 19.3 Å². The zero-order valence-corrected chi connectivity index (χ0v) is 42.9. The zero-order chi connectivity index (χ0) is 47.9. The molecule has 0 aromatic rings. The van der Waals surface area contributed by atoms with Gasteiger partial charge >= 0.3 is 17.9 Å². The highest BCUT2D eigenvalue weighted by molar-refractivity contribution is 5.71. The van der Waals surface area contributed by atoms with Gasteiger partial charge in [0.25, 0.3) is 0 Å². The van der Waals surface area contributed by atoms with E-state index in [-0.39, 0.29) is 31.1 Å². The maximum absolute atomic E-state index is 12.8. The van der Waals surface area contributed by atoms with Gasteiger partial charge in [-0.25, -0.2) is 0 Å². The van der Waals surface area contributed by atoms with Crippen molar-refractivity contribution >= 4 is 17.9 Å². The number of hydrogen-bond acceptors (Lipinski definition) is 6. The van der Waals surface area contributed by atoms with E-state index in [9.17, 15) is 14.4 Å². The second-order valence-electron chi connectivity index (χ2n) is 17.9. The van der Waals surface area contributed by atoms with Crippen LogP contribution < -0.4 is 0 Å². The summed E-state index contributed by atoms with van der Waals surface area (Å²) in [6.45, 7) is 6.45. The van der Waals surface area contributed by atoms with Gasteiger partial charge in [0.15, 0.2) is 6.10 Å². The summed E-state index contributed by atoms with van der Waals surface area (Å²) < 4.78 is 16.8. The lowest BCUT2D eigenvalue weighted by molar-refractivity contribution is -0.167. The highest BCUT2D eigenvalue weighted by Crippen LogP contribution is 2.15. The number of esters is 3. The van der Waals surface area contributed by atoms with E-state index in [0.29, 0.717) is 19.3 Å². The number of ether oxygens (including phenoxy) is 3. The molecule has 0 spiro atoms. The summed E-state index contributed by atoms with van der Waals surface area (Å²) in [7, 11) is 0. The van der Waals surface area contributed by atoms with Gasteiger partial charge in [0.2, 0.25) is 0 Å². The molecule has 0 heterocycles. The second kappa shape index (κ2) is 53.9. The lowest BCUT2D eigenvalue weighted by Crippen LogP contribution is -2.30. The molecule has 0 N–H and O–H groups in total. The molecule has 0 aliphatic carbocycles. The van der Waals surface area contributed by atoms with Gasteiger partial charge in [-0.05, 0) is 64.2 Å². The van der Waals surface area contributed by atoms with Crippen LogP contribution in [0.2, 0.25) is 0 Å². The minimum atomic E-state index is -0.800. The van der Waals surface area contributed by atoms with Gasteiger partial charge in [0.05, 0.1) is 0 Å². The molecule has 6 nitrogen and oxygen atoms in total. The molecule has 0 saturated heterocycles. The standard InChI is InChI=1S/C60H100O6/c1-4-7-10-13-16-19-22-25-27-29-30-31-33-35-38-41-44-47-50-53-59(62)65-56-57(55-64-58(61)52-49-46-43-40-37-34-24-21-18-15-12-9-6-3)66-60(63)54-51-48-45-42-39-36-32-28-26-23-20-17-14-11-8-5-2/h7,10,13,16,19,22,25,27-33,35,38,57H,4-6,8-9,11-12,14-15,17-18,20-21,23-24,26,34,36-37,39-56H2,1-3H3/b10-7-,16-13-,22-19-,27-25-,30-29+,32-28-,33-31-,38-35-. The van der Waals surface area contributed by atoms with Crippen LogP contribution in [0.15, 0.2) is 97.2 Å². The fraction of sp³-hybridized carbons (Fsp3) is 0.683. The highest BCUT2D eigenvalue weighted by Gasteiger charge is 2.19. The molecule has 0 saturated carbocycles. The maximum Gasteiger partial charge on any atom is 0.306 e. The van der Waals surface area contributed by atoms with Gasteiger partial charge in [-0.3, -0.25) is 14.4 Å². The van der Waals surface area contributed by atoms with Crippen LogP contribution in [0.5, 0.6) is 0 Å². The van der Waals surface area contributed by atoms with Gasteiger partial charge in [-0.1, -0.05) is 259 Å². The first-order valence-corrected chi connectivity index (χ1v) is 27.3. The molecule has 376 valence electrons. The average molecular weight is 917 g/mol. The average Bonchev–Trinajstić information content (AvgIpc) is 3.31. The SMILES string of the molecule is CC\C=C/C=C\C=C/C=C\C=C\C=C/C=C\CCCCCC(=O)OCC(COC(=O)CCCCCCCCCCCCCCC)OC(=O)CCCCCCC/C=C\CCCCCCCCC. The van der Waals surface area contributed by atoms with Gasteiger partial charge in [-0.15, -0.1) is 0 Å². The van der Waals surface area contributed by atoms with E-state index in [1.807, 2.05) is 72.9 Å². The molecule has 1 unspecified atom stereocenters. The van der Waals surface area contributed by atoms with Crippen LogP contribution in [0.3, 0.4) is 0 Å². The second-order valence-corrected chi connectivity index (χ2v) is 17.9. The first kappa shape index (κ1) is 62.3. The van der Waals surface area contributed by atoms with Crippen LogP contribution in [0.1, 0.15) is 245 Å². The Bertz CT molecular complexity index is 1330. The van der Waals surface area contributed by atoms with Gasteiger partial charge < -0.3 is 14.2 Å². The topological polar surface area (TPSA) is 78.9 Å². The lowest BCUT2D eigenvalue weighted by Gasteiger charge is -2.18. The van der Waals surface area contributed by atoms with Crippen molar-refractivity contribution in [2.24, 2.45) is 0 Å². The van der Waals surface area contributed by atoms with E-state index in [1.165, 1.54) is 122 Å². The number of allylic oxidation sites excluding steroid dienone is 16. The van der Waals surface area contributed by atoms with Crippen molar-refractivity contribution in [1.29, 1.82) is 0 Å². The van der Waals surface area contributed by atoms with Crippen LogP contribution in [-0.4, -0.2) is 37.2 Å². The Hall–Kier alpha value is -3.67. The summed E-state index contributed by atoms with van der Waals surface area (Å²) in [6, 6.07) is 0. The van der Waals surface area contributed by atoms with Gasteiger partial charge in [-0.2, -0.15) is 0 Å². The van der Waals surface area contributed by atoms with Crippen molar-refractivity contribution in [2.45, 2.75) is 252 Å². The molecule has 6 heteroatoms. The Morgan fingerprint density at radius 3 is 0.985 bits per heavy atom. The minimum absolute atomic E-state index is 0.0946. The largest absolute Gasteiger partial charge is 0.462 e. The summed E-state index contributed by atoms with van der Waals surface area (Å²) in [5.41, 5.74) is 0. The molecular formula is C60H100O6. The highest BCUT2D eigenvalue weighted by atomic mass is 16.6. The third kappa shape index (κ3) is 51.3. The van der Waals surface area contributed by atoms with Crippen LogP contribution in [-0.2, 0) is 28.6 Å². The number of carbonyl (C=O) groups is 3. The quantitative estimate of drug-likeness (QED) is 0.0199. The van der Waals surface area contributed by atoms with Gasteiger partial charge in [0.1, 0.15) is 13.2 Å². The van der Waals surface area contributed by atoms with Crippen molar-refractivity contribution < 1.29 is 28.6 Å². The molecular weight excluding hydrogens is 817 g/mol. The predicted molar refractivity (Wildman–Crippen MR) is 284 cm³/mol. The van der Waals surface area contributed by atoms with E-state index in [0.717, 1.165) is 83.5 Å². The number of carbonyl (C=O) groups excluding carboxylic acids is 3. The smallest absolute Gasteiger partial charge is 0.306 e. The lowest BCUT2D eigenvalue weighted by atomic mass is 10.0. The van der Waals surface area contributed by atoms with E-state index in [2.05, 4.69) is 45.1 Å². The molecule has 0 fully saturated rings. The molecule has 0 aliphatic rings. The molecule has 0 radical (unpaired) electrons. The van der Waals surface area contributed by atoms with Crippen LogP contribution in [0.25, 0.3) is 0 Å². The number of rotatable bonds is 48. The fourth-order valence-corrected chi connectivity index (χ4v) is 7.42. The molecule has 0 rings (SSSR count). The zero-order valence-electron chi connectivity index (χ0n) is 42.9. The van der Waals surface area contributed by atoms with Crippen LogP contribution in [0, 0.1) is 0 Å². The Labute approximate surface area is 407 Å². The number of hydrogen-bond donors (Lipinski definition) is 0. The van der Waals surface area contributed by atoms with E-state index in [1.54, 1.807) is 0 Å². The van der Waals surface area contributed by atoms with E-state index >= 15 is 0 Å². The summed E-state index contributed by atoms with van der Waals surface area (Å²) in [5, 5.41) is 0. The Morgan fingerprint density at radius 1 is 0.318 bits per heavy atom. The molecule has 1 atom stereocenters. The summed E-state index contributed by atoms with van der Waals surface area (Å²) >= 11 is 0. The van der Waals surface area contributed by atoms with E-state index < -0.39 is 6.10 Å². The van der Waals surface area contributed by atoms with Crippen molar-refractivity contribution in [2.75, 3.05) is 13.2 Å². The van der Waals surface area contributed by atoms with Crippen LogP contribution in [0.4, 0.5) is 0 Å². The van der Waals surface area contributed by atoms with Crippen molar-refractivity contribution in [3.05, 3.63) is 97.2 Å². The monoisotopic (exact) mass is 917 g/mol. The third-order valence-corrected chi connectivity index (χ3v) is 11.5. The van der Waals surface area contributed by atoms with Crippen LogP contribution >= 0.6 is 0 Å². The Morgan fingerprint density at radius 2 is 0.606 bits per heavy atom. The molecule has 0 aromatic carbocycles. The maximum atomic E-state index is 12.8. The Kier molecular flexibility index (Phi) is 50.9. The van der Waals surface area contributed by atoms with Crippen molar-refractivity contribution in [1.82, 2.24) is 0 Å². The Balaban J connectivity index is 4.50. The molecule has 0 amide bonds. The summed E-state index contributed by atoms with van der Waals surface area (Å²) in [4.78, 5) is 38.1. The minimum Gasteiger partial charge on any atom is -0.462 e. The predicted octanol–water partition coefficient (Wildman–Crippen LogP) is 18.1. The summed E-state index contributed by atoms with van der Waals surface area (Å²) in [5.74, 6) is -0.947. The number of unbranched alkanes of at least 4 members (excludes halogenated alkanes) is 27. The molecule has 0 aliphatic heterocycles. The van der Waals surface area contributed by atoms with E-state index in [4.69, 9.17) is 14.2 Å². The normalized spacial score (nSPS) is 12.8. The third-order valence-electron chi connectivity index (χ3n) is 11.5. The summed E-state index contributed by atoms with van der Waals surface area (Å²) in [6.07, 6.45) is 71.0. The first-order chi connectivity index (χ1) is 32.5. The molecule has 66 heavy (non-hydrogen) atoms. The van der Waals surface area contributed by atoms with Crippen molar-refractivity contribution in [3.63, 3.8) is 0 Å². The molecule has 0 aromatic heterocycles. The molecule has 0 bridgehead atoms. The first-order valence-electron chi connectivity index (χ1n) is 27.3. The fourth-order valence-electron chi connectivity index (χ4n) is 7.42. The van der Waals surface area contributed by atoms with Crippen molar-refractivity contribution in [3.8, 4) is 0 Å².